The summed E-state index contributed by atoms with van der Waals surface area (Å²) in [4.78, 5) is 21.4. The summed E-state index contributed by atoms with van der Waals surface area (Å²) in [5.74, 6) is 0.587. The Morgan fingerprint density at radius 3 is 3.00 bits per heavy atom. The van der Waals surface area contributed by atoms with E-state index in [1.165, 1.54) is 6.33 Å². The van der Waals surface area contributed by atoms with E-state index in [1.807, 2.05) is 0 Å². The molecule has 0 saturated heterocycles. The fourth-order valence-electron chi connectivity index (χ4n) is 1.12. The van der Waals surface area contributed by atoms with Gasteiger partial charge in [-0.3, -0.25) is 9.78 Å². The summed E-state index contributed by atoms with van der Waals surface area (Å²) in [5.41, 5.74) is 0.258. The third-order valence-corrected chi connectivity index (χ3v) is 2.26. The first kappa shape index (κ1) is 10.6. The maximum Gasteiger partial charge on any atom is 0.273 e. The molecule has 0 atom stereocenters. The van der Waals surface area contributed by atoms with E-state index in [0.717, 1.165) is 0 Å². The number of aryl methyl sites for hydroxylation is 1. The Hall–Kier alpha value is -1.88. The van der Waals surface area contributed by atoms with Crippen LogP contribution in [0.1, 0.15) is 5.69 Å². The molecule has 2 aromatic rings. The van der Waals surface area contributed by atoms with Crippen molar-refractivity contribution >= 4 is 11.6 Å². The molecule has 16 heavy (non-hydrogen) atoms. The fourth-order valence-corrected chi connectivity index (χ4v) is 1.26. The molecule has 0 aromatic carbocycles. The lowest BCUT2D eigenvalue weighted by atomic mass is 10.3. The lowest BCUT2D eigenvalue weighted by Gasteiger charge is -2.06. The van der Waals surface area contributed by atoms with E-state index in [0.29, 0.717) is 11.4 Å². The van der Waals surface area contributed by atoms with Crippen LogP contribution in [0.5, 0.6) is 11.6 Å². The Kier molecular flexibility index (Phi) is 2.87. The Morgan fingerprint density at radius 2 is 2.25 bits per heavy atom. The molecular formula is C10H8ClN3O2. The van der Waals surface area contributed by atoms with Crippen molar-refractivity contribution in [1.29, 1.82) is 0 Å². The predicted molar refractivity (Wildman–Crippen MR) is 58.9 cm³/mol. The number of hydrogen-bond acceptors (Lipinski definition) is 4. The number of nitrogens with one attached hydrogen (secondary N) is 1. The number of nitrogens with zero attached hydrogens (tertiary/aromatic N) is 2. The number of hydrogen-bond donors (Lipinski definition) is 1. The van der Waals surface area contributed by atoms with E-state index in [-0.39, 0.29) is 10.9 Å². The van der Waals surface area contributed by atoms with E-state index in [2.05, 4.69) is 15.0 Å². The van der Waals surface area contributed by atoms with Crippen molar-refractivity contribution in [1.82, 2.24) is 15.0 Å². The summed E-state index contributed by atoms with van der Waals surface area (Å²) in [6.45, 7) is 1.79. The fraction of sp³-hybridized carbons (Fsp3) is 0.100. The minimum Gasteiger partial charge on any atom is -0.435 e. The van der Waals surface area contributed by atoms with E-state index in [4.69, 9.17) is 16.3 Å². The van der Waals surface area contributed by atoms with Gasteiger partial charge in [0.1, 0.15) is 0 Å². The number of aromatic nitrogens is 3. The first-order chi connectivity index (χ1) is 7.68. The highest BCUT2D eigenvalue weighted by Crippen LogP contribution is 2.24. The van der Waals surface area contributed by atoms with Crippen LogP contribution in [0, 0.1) is 6.92 Å². The van der Waals surface area contributed by atoms with Gasteiger partial charge in [-0.15, -0.1) is 0 Å². The smallest absolute Gasteiger partial charge is 0.273 e. The van der Waals surface area contributed by atoms with Crippen molar-refractivity contribution in [3.05, 3.63) is 45.7 Å². The van der Waals surface area contributed by atoms with Crippen molar-refractivity contribution in [3.63, 3.8) is 0 Å². The maximum atomic E-state index is 11.2. The molecule has 0 amide bonds. The lowest BCUT2D eigenvalue weighted by molar-refractivity contribution is 0.454. The highest BCUT2D eigenvalue weighted by Gasteiger charge is 2.09. The zero-order valence-corrected chi connectivity index (χ0v) is 9.15. The minimum atomic E-state index is -0.437. The molecule has 0 fully saturated rings. The highest BCUT2D eigenvalue weighted by atomic mass is 35.5. The van der Waals surface area contributed by atoms with Crippen LogP contribution >= 0.6 is 11.6 Å². The SMILES string of the molecule is Cc1ncccc1Oc1nc[nH]c(=O)c1Cl. The van der Waals surface area contributed by atoms with Crippen molar-refractivity contribution < 1.29 is 4.74 Å². The second-order valence-electron chi connectivity index (χ2n) is 3.04. The van der Waals surface area contributed by atoms with E-state index < -0.39 is 5.56 Å². The van der Waals surface area contributed by atoms with E-state index in [9.17, 15) is 4.79 Å². The van der Waals surface area contributed by atoms with Crippen molar-refractivity contribution in [3.8, 4) is 11.6 Å². The van der Waals surface area contributed by atoms with Crippen LogP contribution in [0.4, 0.5) is 0 Å². The van der Waals surface area contributed by atoms with Crippen LogP contribution < -0.4 is 10.3 Å². The quantitative estimate of drug-likeness (QED) is 0.867. The molecule has 2 heterocycles. The van der Waals surface area contributed by atoms with Gasteiger partial charge in [-0.05, 0) is 19.1 Å². The van der Waals surface area contributed by atoms with Crippen molar-refractivity contribution in [2.24, 2.45) is 0 Å². The molecule has 5 nitrogen and oxygen atoms in total. The molecule has 0 aliphatic heterocycles. The van der Waals surface area contributed by atoms with Crippen LogP contribution in [0.2, 0.25) is 5.02 Å². The molecule has 0 radical (unpaired) electrons. The summed E-state index contributed by atoms with van der Waals surface area (Å²) < 4.78 is 5.40. The Balaban J connectivity index is 2.38. The Morgan fingerprint density at radius 1 is 1.44 bits per heavy atom. The third-order valence-electron chi connectivity index (χ3n) is 1.93. The Labute approximate surface area is 96.1 Å². The molecule has 0 bridgehead atoms. The molecule has 0 aliphatic carbocycles. The first-order valence-electron chi connectivity index (χ1n) is 4.51. The van der Waals surface area contributed by atoms with Crippen LogP contribution in [0.25, 0.3) is 0 Å². The number of H-pyrrole nitrogens is 1. The van der Waals surface area contributed by atoms with Crippen LogP contribution in [-0.2, 0) is 0 Å². The largest absolute Gasteiger partial charge is 0.435 e. The normalized spacial score (nSPS) is 10.1. The summed E-state index contributed by atoms with van der Waals surface area (Å²) >= 11 is 5.74. The summed E-state index contributed by atoms with van der Waals surface area (Å²) in [7, 11) is 0. The summed E-state index contributed by atoms with van der Waals surface area (Å²) in [5, 5.41) is -0.0780. The zero-order chi connectivity index (χ0) is 11.5. The number of halogens is 1. The van der Waals surface area contributed by atoms with Crippen LogP contribution in [-0.4, -0.2) is 15.0 Å². The van der Waals surface area contributed by atoms with Gasteiger partial charge in [0, 0.05) is 6.20 Å². The molecule has 1 N–H and O–H groups in total. The highest BCUT2D eigenvalue weighted by molar-refractivity contribution is 6.31. The monoisotopic (exact) mass is 237 g/mol. The van der Waals surface area contributed by atoms with Crippen molar-refractivity contribution in [2.45, 2.75) is 6.92 Å². The molecule has 2 aromatic heterocycles. The molecule has 6 heteroatoms. The van der Waals surface area contributed by atoms with Gasteiger partial charge in [0.2, 0.25) is 5.88 Å². The summed E-state index contributed by atoms with van der Waals surface area (Å²) in [6, 6.07) is 3.45. The molecule has 2 rings (SSSR count). The lowest BCUT2D eigenvalue weighted by Crippen LogP contribution is -2.08. The number of ether oxygens (including phenoxy) is 1. The number of pyridine rings is 1. The minimum absolute atomic E-state index is 0.0708. The predicted octanol–water partition coefficient (Wildman–Crippen LogP) is 1.92. The standard InChI is InChI=1S/C10H8ClN3O2/c1-6-7(3-2-4-12-6)16-10-8(11)9(15)13-5-14-10/h2-5H,1H3,(H,13,14,15). The van der Waals surface area contributed by atoms with Crippen LogP contribution in [0.3, 0.4) is 0 Å². The van der Waals surface area contributed by atoms with Gasteiger partial charge in [0.15, 0.2) is 10.8 Å². The van der Waals surface area contributed by atoms with Gasteiger partial charge in [0.05, 0.1) is 12.0 Å². The van der Waals surface area contributed by atoms with E-state index in [1.54, 1.807) is 25.3 Å². The average molecular weight is 238 g/mol. The molecule has 0 unspecified atom stereocenters. The maximum absolute atomic E-state index is 11.2. The zero-order valence-electron chi connectivity index (χ0n) is 8.40. The van der Waals surface area contributed by atoms with Gasteiger partial charge in [-0.25, -0.2) is 4.98 Å². The van der Waals surface area contributed by atoms with E-state index >= 15 is 0 Å². The second kappa shape index (κ2) is 4.32. The molecule has 82 valence electrons. The van der Waals surface area contributed by atoms with Gasteiger partial charge >= 0.3 is 0 Å². The first-order valence-corrected chi connectivity index (χ1v) is 4.89. The molecular weight excluding hydrogens is 230 g/mol. The molecule has 0 aliphatic rings. The number of rotatable bonds is 2. The second-order valence-corrected chi connectivity index (χ2v) is 3.42. The number of aromatic amines is 1. The van der Waals surface area contributed by atoms with Crippen LogP contribution in [0.15, 0.2) is 29.5 Å². The molecule has 0 spiro atoms. The van der Waals surface area contributed by atoms with Gasteiger partial charge < -0.3 is 9.72 Å². The van der Waals surface area contributed by atoms with Gasteiger partial charge in [-0.2, -0.15) is 0 Å². The molecule has 0 saturated carbocycles. The Bertz CT molecular complexity index is 568. The average Bonchev–Trinajstić information content (AvgIpc) is 2.28. The third kappa shape index (κ3) is 2.04. The summed E-state index contributed by atoms with van der Waals surface area (Å²) in [6.07, 6.45) is 2.88. The van der Waals surface area contributed by atoms with Gasteiger partial charge in [-0.1, -0.05) is 11.6 Å². The topological polar surface area (TPSA) is 67.9 Å². The van der Waals surface area contributed by atoms with Gasteiger partial charge in [0.25, 0.3) is 5.56 Å². The van der Waals surface area contributed by atoms with Crippen molar-refractivity contribution in [2.75, 3.05) is 0 Å².